The van der Waals surface area contributed by atoms with Crippen molar-refractivity contribution < 1.29 is 19.4 Å². The molecular weight excluding hydrogens is 272 g/mol. The fourth-order valence-corrected chi connectivity index (χ4v) is 2.42. The molecule has 2 amide bonds. The minimum Gasteiger partial charge on any atom is -0.481 e. The Morgan fingerprint density at radius 2 is 2.19 bits per heavy atom. The van der Waals surface area contributed by atoms with Gasteiger partial charge in [-0.15, -0.1) is 0 Å². The summed E-state index contributed by atoms with van der Waals surface area (Å²) >= 11 is 0. The fraction of sp³-hybridized carbons (Fsp3) is 0.467. The highest BCUT2D eigenvalue weighted by molar-refractivity contribution is 5.92. The highest BCUT2D eigenvalue weighted by atomic mass is 16.5. The molecule has 114 valence electrons. The van der Waals surface area contributed by atoms with Crippen molar-refractivity contribution in [2.45, 2.75) is 19.9 Å². The van der Waals surface area contributed by atoms with Gasteiger partial charge in [0.15, 0.2) is 0 Å². The van der Waals surface area contributed by atoms with E-state index in [0.717, 1.165) is 11.3 Å². The molecule has 1 aliphatic heterocycles. The van der Waals surface area contributed by atoms with Crippen molar-refractivity contribution >= 4 is 17.7 Å². The molecule has 0 bridgehead atoms. The Balaban J connectivity index is 2.09. The number of anilines is 1. The van der Waals surface area contributed by atoms with Crippen LogP contribution in [0.15, 0.2) is 24.3 Å². The van der Waals surface area contributed by atoms with E-state index in [-0.39, 0.29) is 19.2 Å². The van der Waals surface area contributed by atoms with Crippen molar-refractivity contribution in [1.29, 1.82) is 0 Å². The number of carbonyl (C=O) groups is 2. The van der Waals surface area contributed by atoms with Crippen molar-refractivity contribution in [3.63, 3.8) is 0 Å². The van der Waals surface area contributed by atoms with Crippen LogP contribution in [0.5, 0.6) is 0 Å². The summed E-state index contributed by atoms with van der Waals surface area (Å²) < 4.78 is 5.16. The van der Waals surface area contributed by atoms with E-state index in [0.29, 0.717) is 6.54 Å². The number of nitrogens with one attached hydrogen (secondary N) is 1. The zero-order chi connectivity index (χ0) is 15.4. The van der Waals surface area contributed by atoms with Crippen LogP contribution >= 0.6 is 0 Å². The Bertz CT molecular complexity index is 532. The van der Waals surface area contributed by atoms with Crippen LogP contribution in [0, 0.1) is 12.8 Å². The summed E-state index contributed by atoms with van der Waals surface area (Å²) in [5.41, 5.74) is 1.85. The van der Waals surface area contributed by atoms with E-state index in [1.165, 1.54) is 0 Å². The third kappa shape index (κ3) is 3.52. The maximum absolute atomic E-state index is 12.4. The molecule has 2 N–H and O–H groups in total. The third-order valence-electron chi connectivity index (χ3n) is 3.58. The summed E-state index contributed by atoms with van der Waals surface area (Å²) in [6.07, 6.45) is 0. The molecule has 2 atom stereocenters. The van der Waals surface area contributed by atoms with Crippen molar-refractivity contribution in [2.24, 2.45) is 5.92 Å². The van der Waals surface area contributed by atoms with E-state index in [1.807, 2.05) is 38.1 Å². The van der Waals surface area contributed by atoms with E-state index >= 15 is 0 Å². The Hall–Kier alpha value is -2.08. The van der Waals surface area contributed by atoms with E-state index in [4.69, 9.17) is 9.84 Å². The molecule has 6 nitrogen and oxygen atoms in total. The molecule has 2 unspecified atom stereocenters. The summed E-state index contributed by atoms with van der Waals surface area (Å²) in [5, 5.41) is 11.9. The van der Waals surface area contributed by atoms with Crippen molar-refractivity contribution in [2.75, 3.05) is 24.7 Å². The fourth-order valence-electron chi connectivity index (χ4n) is 2.42. The monoisotopic (exact) mass is 292 g/mol. The van der Waals surface area contributed by atoms with Gasteiger partial charge in [-0.05, 0) is 31.5 Å². The number of aryl methyl sites for hydroxylation is 1. The number of urea groups is 1. The number of amides is 2. The quantitative estimate of drug-likeness (QED) is 0.884. The van der Waals surface area contributed by atoms with Gasteiger partial charge in [0.1, 0.15) is 5.92 Å². The number of ether oxygens (including phenoxy) is 1. The molecule has 1 fully saturated rings. The Labute approximate surface area is 123 Å². The summed E-state index contributed by atoms with van der Waals surface area (Å²) in [4.78, 5) is 25.1. The van der Waals surface area contributed by atoms with Crippen LogP contribution in [0.4, 0.5) is 10.5 Å². The average Bonchev–Trinajstić information content (AvgIpc) is 2.88. The van der Waals surface area contributed by atoms with E-state index < -0.39 is 17.9 Å². The van der Waals surface area contributed by atoms with Gasteiger partial charge in [0.05, 0.1) is 19.3 Å². The predicted molar refractivity (Wildman–Crippen MR) is 78.5 cm³/mol. The lowest BCUT2D eigenvalue weighted by atomic mass is 10.0. The predicted octanol–water partition coefficient (Wildman–Crippen LogP) is 1.63. The van der Waals surface area contributed by atoms with E-state index in [9.17, 15) is 9.59 Å². The highest BCUT2D eigenvalue weighted by Crippen LogP contribution is 2.18. The molecule has 1 aromatic carbocycles. The molecule has 0 aliphatic carbocycles. The number of rotatable bonds is 4. The molecule has 2 rings (SSSR count). The van der Waals surface area contributed by atoms with Gasteiger partial charge in [-0.1, -0.05) is 12.1 Å². The minimum atomic E-state index is -0.948. The summed E-state index contributed by atoms with van der Waals surface area (Å²) in [6, 6.07) is 6.83. The first-order valence-corrected chi connectivity index (χ1v) is 6.98. The second-order valence-corrected chi connectivity index (χ2v) is 5.12. The van der Waals surface area contributed by atoms with Crippen molar-refractivity contribution in [3.8, 4) is 0 Å². The number of hydrogen-bond acceptors (Lipinski definition) is 3. The molecule has 6 heteroatoms. The first-order chi connectivity index (χ1) is 10.0. The van der Waals surface area contributed by atoms with Gasteiger partial charge >= 0.3 is 12.0 Å². The number of carboxylic acids is 1. The molecule has 0 spiro atoms. The maximum atomic E-state index is 12.4. The standard InChI is InChI=1S/C15H20N2O4/c1-3-17(11-6-4-5-10(2)7-11)15(20)16-13-9-21-8-12(13)14(18)19/h4-7,12-13H,3,8-9H2,1-2H3,(H,16,20)(H,18,19). The van der Waals surface area contributed by atoms with E-state index in [2.05, 4.69) is 5.32 Å². The molecule has 1 saturated heterocycles. The lowest BCUT2D eigenvalue weighted by Gasteiger charge is -2.25. The number of aliphatic carboxylic acids is 1. The van der Waals surface area contributed by atoms with Crippen molar-refractivity contribution in [1.82, 2.24) is 5.32 Å². The van der Waals surface area contributed by atoms with Crippen LogP contribution in [0.2, 0.25) is 0 Å². The van der Waals surface area contributed by atoms with Gasteiger partial charge in [-0.2, -0.15) is 0 Å². The molecule has 1 aliphatic rings. The number of carbonyl (C=O) groups excluding carboxylic acids is 1. The molecular formula is C15H20N2O4. The summed E-state index contributed by atoms with van der Waals surface area (Å²) in [5.74, 6) is -1.64. The van der Waals surface area contributed by atoms with Gasteiger partial charge < -0.3 is 15.2 Å². The van der Waals surface area contributed by atoms with Crippen LogP contribution < -0.4 is 10.2 Å². The number of hydrogen-bond donors (Lipinski definition) is 2. The molecule has 21 heavy (non-hydrogen) atoms. The number of nitrogens with zero attached hydrogens (tertiary/aromatic N) is 1. The third-order valence-corrected chi connectivity index (χ3v) is 3.58. The molecule has 1 heterocycles. The average molecular weight is 292 g/mol. The Morgan fingerprint density at radius 1 is 1.43 bits per heavy atom. The van der Waals surface area contributed by atoms with Crippen LogP contribution in [-0.2, 0) is 9.53 Å². The summed E-state index contributed by atoms with van der Waals surface area (Å²) in [6.45, 7) is 4.70. The second kappa shape index (κ2) is 6.58. The molecule has 1 aromatic rings. The lowest BCUT2D eigenvalue weighted by Crippen LogP contribution is -2.49. The molecule has 0 radical (unpaired) electrons. The van der Waals surface area contributed by atoms with Crippen LogP contribution in [-0.4, -0.2) is 42.9 Å². The molecule has 0 aromatic heterocycles. The SMILES string of the molecule is CCN(C(=O)NC1COCC1C(=O)O)c1cccc(C)c1. The van der Waals surface area contributed by atoms with Crippen LogP contribution in [0.1, 0.15) is 12.5 Å². The van der Waals surface area contributed by atoms with E-state index in [1.54, 1.807) is 4.90 Å². The highest BCUT2D eigenvalue weighted by Gasteiger charge is 2.35. The number of carboxylic acid groups (broad SMARTS) is 1. The maximum Gasteiger partial charge on any atom is 0.322 e. The normalized spacial score (nSPS) is 21.0. The van der Waals surface area contributed by atoms with Gasteiger partial charge in [0.2, 0.25) is 0 Å². The second-order valence-electron chi connectivity index (χ2n) is 5.12. The van der Waals surface area contributed by atoms with Gasteiger partial charge in [0.25, 0.3) is 0 Å². The van der Waals surface area contributed by atoms with Gasteiger partial charge in [0, 0.05) is 12.2 Å². The first kappa shape index (κ1) is 15.3. The van der Waals surface area contributed by atoms with Crippen LogP contribution in [0.25, 0.3) is 0 Å². The minimum absolute atomic E-state index is 0.136. The topological polar surface area (TPSA) is 78.9 Å². The number of benzene rings is 1. The largest absolute Gasteiger partial charge is 0.481 e. The van der Waals surface area contributed by atoms with Crippen LogP contribution in [0.3, 0.4) is 0 Å². The zero-order valence-electron chi connectivity index (χ0n) is 12.2. The smallest absolute Gasteiger partial charge is 0.322 e. The zero-order valence-corrected chi connectivity index (χ0v) is 12.2. The Kier molecular flexibility index (Phi) is 4.80. The van der Waals surface area contributed by atoms with Gasteiger partial charge in [-0.3, -0.25) is 9.69 Å². The van der Waals surface area contributed by atoms with Crippen molar-refractivity contribution in [3.05, 3.63) is 29.8 Å². The lowest BCUT2D eigenvalue weighted by molar-refractivity contribution is -0.142. The Morgan fingerprint density at radius 3 is 2.81 bits per heavy atom. The van der Waals surface area contributed by atoms with Gasteiger partial charge in [-0.25, -0.2) is 4.79 Å². The first-order valence-electron chi connectivity index (χ1n) is 6.98. The molecule has 0 saturated carbocycles. The summed E-state index contributed by atoms with van der Waals surface area (Å²) in [7, 11) is 0.